The molecule has 10 heteroatoms. The third-order valence-electron chi connectivity index (χ3n) is 4.01. The Balaban J connectivity index is 1.64. The van der Waals surface area contributed by atoms with Gasteiger partial charge in [0.2, 0.25) is 11.7 Å². The first-order chi connectivity index (χ1) is 13.5. The standard InChI is InChI=1S/C18H18N4O6/c23-14-12(6-7-19-16(14)25)21-15(24)13(17-20-8-9-27-17)22-18(26)28-10-11-4-2-1-3-5-11/h1-5,8-9,12-13H,6-7,10H2,(H,19,25)(H,21,24)(H,22,26). The van der Waals surface area contributed by atoms with E-state index in [0.29, 0.717) is 0 Å². The molecule has 2 aromatic rings. The Hall–Kier alpha value is -3.69. The number of ether oxygens (including phenoxy) is 1. The zero-order valence-corrected chi connectivity index (χ0v) is 14.7. The van der Waals surface area contributed by atoms with Crippen LogP contribution in [0.5, 0.6) is 0 Å². The van der Waals surface area contributed by atoms with Crippen LogP contribution in [0.15, 0.2) is 47.2 Å². The highest BCUT2D eigenvalue weighted by Crippen LogP contribution is 2.13. The SMILES string of the molecule is O=C(NC(C(=O)NC1CCNC(=O)C1=O)c1ncco1)OCc1ccccc1. The second-order valence-corrected chi connectivity index (χ2v) is 5.98. The summed E-state index contributed by atoms with van der Waals surface area (Å²) in [5.74, 6) is -2.34. The molecule has 0 saturated carbocycles. The number of piperidine rings is 1. The number of hydrogen-bond donors (Lipinski definition) is 3. The third-order valence-corrected chi connectivity index (χ3v) is 4.01. The Bertz CT molecular complexity index is 852. The highest BCUT2D eigenvalue weighted by molar-refractivity contribution is 6.39. The van der Waals surface area contributed by atoms with Gasteiger partial charge in [0.15, 0.2) is 6.04 Å². The number of amides is 3. The average Bonchev–Trinajstić information content (AvgIpc) is 3.23. The zero-order chi connectivity index (χ0) is 19.9. The predicted octanol–water partition coefficient (Wildman–Crippen LogP) is 0.216. The molecule has 2 unspecified atom stereocenters. The second kappa shape index (κ2) is 8.80. The first-order valence-corrected chi connectivity index (χ1v) is 8.53. The Kier molecular flexibility index (Phi) is 6.00. The molecule has 3 rings (SSSR count). The molecule has 0 aliphatic carbocycles. The van der Waals surface area contributed by atoms with Crippen LogP contribution in [0.3, 0.4) is 0 Å². The van der Waals surface area contributed by atoms with Gasteiger partial charge < -0.3 is 25.1 Å². The Morgan fingerprint density at radius 3 is 2.79 bits per heavy atom. The van der Waals surface area contributed by atoms with Gasteiger partial charge in [0, 0.05) is 6.54 Å². The molecular weight excluding hydrogens is 368 g/mol. The normalized spacial score (nSPS) is 17.4. The summed E-state index contributed by atoms with van der Waals surface area (Å²) in [4.78, 5) is 51.9. The van der Waals surface area contributed by atoms with Crippen molar-refractivity contribution < 1.29 is 28.3 Å². The fraction of sp³-hybridized carbons (Fsp3) is 0.278. The van der Waals surface area contributed by atoms with Crippen molar-refractivity contribution in [2.45, 2.75) is 25.1 Å². The van der Waals surface area contributed by atoms with Gasteiger partial charge in [0.05, 0.1) is 12.2 Å². The van der Waals surface area contributed by atoms with Gasteiger partial charge in [-0.3, -0.25) is 14.4 Å². The van der Waals surface area contributed by atoms with Crippen molar-refractivity contribution in [3.05, 3.63) is 54.2 Å². The van der Waals surface area contributed by atoms with Crippen LogP contribution in [0.1, 0.15) is 23.9 Å². The first-order valence-electron chi connectivity index (χ1n) is 8.53. The number of aromatic nitrogens is 1. The molecule has 146 valence electrons. The van der Waals surface area contributed by atoms with Crippen LogP contribution in [0, 0.1) is 0 Å². The molecule has 1 aromatic carbocycles. The average molecular weight is 386 g/mol. The zero-order valence-electron chi connectivity index (χ0n) is 14.7. The number of oxazole rings is 1. The van der Waals surface area contributed by atoms with E-state index in [4.69, 9.17) is 9.15 Å². The lowest BCUT2D eigenvalue weighted by Gasteiger charge is -2.23. The van der Waals surface area contributed by atoms with Crippen molar-refractivity contribution in [3.8, 4) is 0 Å². The number of rotatable bonds is 6. The number of carbonyl (C=O) groups excluding carboxylic acids is 4. The van der Waals surface area contributed by atoms with Crippen LogP contribution in [-0.2, 0) is 25.7 Å². The smallest absolute Gasteiger partial charge is 0.408 e. The van der Waals surface area contributed by atoms with Gasteiger partial charge in [-0.1, -0.05) is 30.3 Å². The molecule has 1 aromatic heterocycles. The molecule has 1 aliphatic heterocycles. The summed E-state index contributed by atoms with van der Waals surface area (Å²) < 4.78 is 10.2. The van der Waals surface area contributed by atoms with E-state index in [1.54, 1.807) is 24.3 Å². The molecule has 2 atom stereocenters. The summed E-state index contributed by atoms with van der Waals surface area (Å²) in [5.41, 5.74) is 0.772. The van der Waals surface area contributed by atoms with Gasteiger partial charge in [0.25, 0.3) is 11.8 Å². The van der Waals surface area contributed by atoms with Crippen LogP contribution < -0.4 is 16.0 Å². The van der Waals surface area contributed by atoms with Crippen LogP contribution in [0.2, 0.25) is 0 Å². The van der Waals surface area contributed by atoms with Crippen LogP contribution in [0.25, 0.3) is 0 Å². The number of alkyl carbamates (subject to hydrolysis) is 1. The lowest BCUT2D eigenvalue weighted by molar-refractivity contribution is -0.142. The molecule has 0 bridgehead atoms. The van der Waals surface area contributed by atoms with Crippen molar-refractivity contribution in [1.29, 1.82) is 0 Å². The Morgan fingerprint density at radius 2 is 2.07 bits per heavy atom. The quantitative estimate of drug-likeness (QED) is 0.603. The summed E-state index contributed by atoms with van der Waals surface area (Å²) in [6.07, 6.45) is 1.93. The van der Waals surface area contributed by atoms with Gasteiger partial charge in [0.1, 0.15) is 12.9 Å². The third kappa shape index (κ3) is 4.72. The number of benzene rings is 1. The monoisotopic (exact) mass is 386 g/mol. The minimum Gasteiger partial charge on any atom is -0.446 e. The van der Waals surface area contributed by atoms with E-state index in [-0.39, 0.29) is 25.5 Å². The summed E-state index contributed by atoms with van der Waals surface area (Å²) in [5, 5.41) is 7.21. The summed E-state index contributed by atoms with van der Waals surface area (Å²) in [6, 6.07) is 6.70. The number of hydrogen-bond acceptors (Lipinski definition) is 7. The maximum Gasteiger partial charge on any atom is 0.408 e. The molecule has 0 radical (unpaired) electrons. The maximum atomic E-state index is 12.6. The molecule has 0 spiro atoms. The van der Waals surface area contributed by atoms with Crippen molar-refractivity contribution in [2.24, 2.45) is 0 Å². The van der Waals surface area contributed by atoms with Crippen LogP contribution in [-0.4, -0.2) is 41.3 Å². The Labute approximate surface area is 159 Å². The minimum absolute atomic E-state index is 0.00782. The van der Waals surface area contributed by atoms with Crippen molar-refractivity contribution in [3.63, 3.8) is 0 Å². The van der Waals surface area contributed by atoms with E-state index in [0.717, 1.165) is 5.56 Å². The van der Waals surface area contributed by atoms with E-state index in [1.807, 2.05) is 6.07 Å². The van der Waals surface area contributed by atoms with Gasteiger partial charge in [-0.05, 0) is 12.0 Å². The maximum absolute atomic E-state index is 12.6. The van der Waals surface area contributed by atoms with Gasteiger partial charge in [-0.2, -0.15) is 0 Å². The molecule has 1 aliphatic rings. The van der Waals surface area contributed by atoms with Gasteiger partial charge in [-0.15, -0.1) is 0 Å². The number of Topliss-reactive ketones (excluding diaryl/α,β-unsaturated/α-hetero) is 1. The minimum atomic E-state index is -1.32. The molecule has 3 N–H and O–H groups in total. The molecule has 28 heavy (non-hydrogen) atoms. The van der Waals surface area contributed by atoms with E-state index < -0.39 is 35.8 Å². The molecule has 1 fully saturated rings. The molecule has 3 amide bonds. The van der Waals surface area contributed by atoms with Crippen molar-refractivity contribution in [2.75, 3.05) is 6.54 Å². The lowest BCUT2D eigenvalue weighted by atomic mass is 10.0. The second-order valence-electron chi connectivity index (χ2n) is 5.98. The summed E-state index contributed by atoms with van der Waals surface area (Å²) in [6.45, 7) is 0.264. The summed E-state index contributed by atoms with van der Waals surface area (Å²) >= 11 is 0. The number of carbonyl (C=O) groups is 4. The van der Waals surface area contributed by atoms with E-state index in [1.165, 1.54) is 12.5 Å². The van der Waals surface area contributed by atoms with E-state index in [2.05, 4.69) is 20.9 Å². The van der Waals surface area contributed by atoms with Crippen LogP contribution in [0.4, 0.5) is 4.79 Å². The number of ketones is 1. The molecule has 2 heterocycles. The van der Waals surface area contributed by atoms with Gasteiger partial charge in [-0.25, -0.2) is 9.78 Å². The fourth-order valence-corrected chi connectivity index (χ4v) is 2.60. The predicted molar refractivity (Wildman–Crippen MR) is 93.6 cm³/mol. The lowest BCUT2D eigenvalue weighted by Crippen LogP contribution is -2.55. The molecule has 10 nitrogen and oxygen atoms in total. The number of nitrogens with one attached hydrogen (secondary N) is 3. The fourth-order valence-electron chi connectivity index (χ4n) is 2.60. The molecule has 1 saturated heterocycles. The topological polar surface area (TPSA) is 140 Å². The number of nitrogens with zero attached hydrogens (tertiary/aromatic N) is 1. The first kappa shape index (κ1) is 19.1. The summed E-state index contributed by atoms with van der Waals surface area (Å²) in [7, 11) is 0. The Morgan fingerprint density at radius 1 is 1.29 bits per heavy atom. The highest BCUT2D eigenvalue weighted by atomic mass is 16.5. The van der Waals surface area contributed by atoms with Crippen LogP contribution >= 0.6 is 0 Å². The van der Waals surface area contributed by atoms with Crippen molar-refractivity contribution in [1.82, 2.24) is 20.9 Å². The van der Waals surface area contributed by atoms with Crippen molar-refractivity contribution >= 4 is 23.7 Å². The largest absolute Gasteiger partial charge is 0.446 e. The van der Waals surface area contributed by atoms with E-state index >= 15 is 0 Å². The molecular formula is C18H18N4O6. The van der Waals surface area contributed by atoms with E-state index in [9.17, 15) is 19.2 Å². The highest BCUT2D eigenvalue weighted by Gasteiger charge is 2.34. The van der Waals surface area contributed by atoms with Gasteiger partial charge >= 0.3 is 6.09 Å².